The van der Waals surface area contributed by atoms with E-state index in [1.807, 2.05) is 32.0 Å². The molecule has 1 N–H and O–H groups in total. The van der Waals surface area contributed by atoms with Crippen LogP contribution in [0.4, 0.5) is 11.6 Å². The SMILES string of the molecule is CCOC(=O)c1cnn(C)c1Nc1nc(C)nc(C)c1Cc1ccccc1. The highest BCUT2D eigenvalue weighted by atomic mass is 16.5. The third-order valence-electron chi connectivity index (χ3n) is 4.22. The number of nitrogens with one attached hydrogen (secondary N) is 1. The lowest BCUT2D eigenvalue weighted by Crippen LogP contribution is -2.12. The van der Waals surface area contributed by atoms with Gasteiger partial charge in [-0.2, -0.15) is 5.10 Å². The second-order valence-corrected chi connectivity index (χ2v) is 6.22. The molecule has 7 nitrogen and oxygen atoms in total. The smallest absolute Gasteiger partial charge is 0.343 e. The largest absolute Gasteiger partial charge is 0.462 e. The molecule has 0 atom stereocenters. The van der Waals surface area contributed by atoms with Crippen molar-refractivity contribution in [3.8, 4) is 0 Å². The van der Waals surface area contributed by atoms with Gasteiger partial charge in [-0.3, -0.25) is 4.68 Å². The standard InChI is InChI=1S/C20H23N5O2/c1-5-27-20(26)17-12-21-25(4)19(17)24-18-16(13(2)22-14(3)23-18)11-15-9-7-6-8-10-15/h6-10,12H,5,11H2,1-4H3,(H,22,23,24). The first-order valence-corrected chi connectivity index (χ1v) is 8.83. The van der Waals surface area contributed by atoms with E-state index in [4.69, 9.17) is 4.74 Å². The molecule has 3 rings (SSSR count). The lowest BCUT2D eigenvalue weighted by atomic mass is 10.0. The molecule has 0 saturated carbocycles. The molecule has 0 saturated heterocycles. The normalized spacial score (nSPS) is 10.7. The van der Waals surface area contributed by atoms with Gasteiger partial charge in [-0.1, -0.05) is 30.3 Å². The minimum atomic E-state index is -0.416. The van der Waals surface area contributed by atoms with Gasteiger partial charge in [-0.05, 0) is 26.3 Å². The number of rotatable bonds is 6. The molecule has 27 heavy (non-hydrogen) atoms. The van der Waals surface area contributed by atoms with Crippen LogP contribution in [0.25, 0.3) is 0 Å². The van der Waals surface area contributed by atoms with Gasteiger partial charge in [-0.15, -0.1) is 0 Å². The second-order valence-electron chi connectivity index (χ2n) is 6.22. The van der Waals surface area contributed by atoms with Gasteiger partial charge < -0.3 is 10.1 Å². The van der Waals surface area contributed by atoms with Gasteiger partial charge >= 0.3 is 5.97 Å². The molecule has 2 aromatic heterocycles. The number of aryl methyl sites for hydroxylation is 3. The fraction of sp³-hybridized carbons (Fsp3) is 0.300. The summed E-state index contributed by atoms with van der Waals surface area (Å²) in [6.45, 7) is 5.89. The first-order chi connectivity index (χ1) is 13.0. The van der Waals surface area contributed by atoms with Gasteiger partial charge in [0.1, 0.15) is 23.0 Å². The summed E-state index contributed by atoms with van der Waals surface area (Å²) in [7, 11) is 1.77. The maximum absolute atomic E-state index is 12.2. The van der Waals surface area contributed by atoms with E-state index in [9.17, 15) is 4.79 Å². The molecular formula is C20H23N5O2. The number of hydrogen-bond donors (Lipinski definition) is 1. The monoisotopic (exact) mass is 365 g/mol. The van der Waals surface area contributed by atoms with E-state index in [-0.39, 0.29) is 0 Å². The molecule has 0 fully saturated rings. The van der Waals surface area contributed by atoms with Crippen molar-refractivity contribution >= 4 is 17.6 Å². The second kappa shape index (κ2) is 7.99. The lowest BCUT2D eigenvalue weighted by Gasteiger charge is -2.15. The van der Waals surface area contributed by atoms with Gasteiger partial charge in [0.25, 0.3) is 0 Å². The number of hydrogen-bond acceptors (Lipinski definition) is 6. The number of aromatic nitrogens is 4. The van der Waals surface area contributed by atoms with Crippen LogP contribution in [0, 0.1) is 13.8 Å². The Morgan fingerprint density at radius 3 is 2.63 bits per heavy atom. The number of carbonyl (C=O) groups excluding carboxylic acids is 1. The Kier molecular flexibility index (Phi) is 5.49. The van der Waals surface area contributed by atoms with Crippen molar-refractivity contribution in [2.24, 2.45) is 7.05 Å². The average molecular weight is 365 g/mol. The molecular weight excluding hydrogens is 342 g/mol. The van der Waals surface area contributed by atoms with Crippen LogP contribution in [0.5, 0.6) is 0 Å². The predicted octanol–water partition coefficient (Wildman–Crippen LogP) is 3.34. The zero-order chi connectivity index (χ0) is 19.4. The molecule has 0 unspecified atom stereocenters. The van der Waals surface area contributed by atoms with E-state index in [0.717, 1.165) is 16.8 Å². The van der Waals surface area contributed by atoms with Gasteiger partial charge in [0.15, 0.2) is 0 Å². The Labute approximate surface area is 158 Å². The number of benzene rings is 1. The van der Waals surface area contributed by atoms with Crippen molar-refractivity contribution in [3.63, 3.8) is 0 Å². The van der Waals surface area contributed by atoms with Crippen molar-refractivity contribution in [2.75, 3.05) is 11.9 Å². The topological polar surface area (TPSA) is 81.9 Å². The Morgan fingerprint density at radius 2 is 1.93 bits per heavy atom. The van der Waals surface area contributed by atoms with E-state index in [2.05, 4.69) is 32.5 Å². The number of nitrogens with zero attached hydrogens (tertiary/aromatic N) is 4. The zero-order valence-electron chi connectivity index (χ0n) is 16.0. The van der Waals surface area contributed by atoms with E-state index < -0.39 is 5.97 Å². The summed E-state index contributed by atoms with van der Waals surface area (Å²) in [4.78, 5) is 21.3. The van der Waals surface area contributed by atoms with Gasteiger partial charge in [0.05, 0.1) is 12.8 Å². The third kappa shape index (κ3) is 4.13. The van der Waals surface area contributed by atoms with Crippen LogP contribution in [0.3, 0.4) is 0 Å². The van der Waals surface area contributed by atoms with Crippen LogP contribution >= 0.6 is 0 Å². The predicted molar refractivity (Wildman–Crippen MR) is 103 cm³/mol. The van der Waals surface area contributed by atoms with Crippen LogP contribution < -0.4 is 5.32 Å². The molecule has 0 amide bonds. The summed E-state index contributed by atoms with van der Waals surface area (Å²) >= 11 is 0. The van der Waals surface area contributed by atoms with Crippen LogP contribution in [0.1, 0.15) is 39.9 Å². The maximum Gasteiger partial charge on any atom is 0.343 e. The van der Waals surface area contributed by atoms with E-state index in [0.29, 0.717) is 36.1 Å². The summed E-state index contributed by atoms with van der Waals surface area (Å²) in [5.41, 5.74) is 3.40. The van der Waals surface area contributed by atoms with Crippen LogP contribution in [0.2, 0.25) is 0 Å². The fourth-order valence-electron chi connectivity index (χ4n) is 2.91. The Hall–Kier alpha value is -3.22. The fourth-order valence-corrected chi connectivity index (χ4v) is 2.91. The molecule has 0 aliphatic rings. The summed E-state index contributed by atoms with van der Waals surface area (Å²) < 4.78 is 6.73. The molecule has 0 spiro atoms. The number of esters is 1. The molecule has 0 radical (unpaired) electrons. The molecule has 0 aliphatic carbocycles. The van der Waals surface area contributed by atoms with Gasteiger partial charge in [0.2, 0.25) is 0 Å². The van der Waals surface area contributed by atoms with Crippen LogP contribution in [-0.4, -0.2) is 32.3 Å². The molecule has 0 aliphatic heterocycles. The average Bonchev–Trinajstić information content (AvgIpc) is 3.00. The number of ether oxygens (including phenoxy) is 1. The highest BCUT2D eigenvalue weighted by Gasteiger charge is 2.20. The van der Waals surface area contributed by atoms with E-state index in [1.165, 1.54) is 6.20 Å². The van der Waals surface area contributed by atoms with Crippen molar-refractivity contribution in [1.82, 2.24) is 19.7 Å². The molecule has 7 heteroatoms. The summed E-state index contributed by atoms with van der Waals surface area (Å²) in [6.07, 6.45) is 2.18. The summed E-state index contributed by atoms with van der Waals surface area (Å²) in [5.74, 6) is 1.45. The Bertz CT molecular complexity index is 951. The minimum absolute atomic E-state index is 0.304. The molecule has 2 heterocycles. The maximum atomic E-state index is 12.2. The van der Waals surface area contributed by atoms with Gasteiger partial charge in [0, 0.05) is 24.7 Å². The lowest BCUT2D eigenvalue weighted by molar-refractivity contribution is 0.0527. The molecule has 140 valence electrons. The van der Waals surface area contributed by atoms with Crippen LogP contribution in [0.15, 0.2) is 36.5 Å². The summed E-state index contributed by atoms with van der Waals surface area (Å²) in [6, 6.07) is 10.1. The van der Waals surface area contributed by atoms with Crippen molar-refractivity contribution in [2.45, 2.75) is 27.2 Å². The first-order valence-electron chi connectivity index (χ1n) is 8.83. The van der Waals surface area contributed by atoms with E-state index in [1.54, 1.807) is 18.7 Å². The quantitative estimate of drug-likeness (QED) is 0.675. The van der Waals surface area contributed by atoms with Gasteiger partial charge in [-0.25, -0.2) is 14.8 Å². The number of anilines is 2. The number of carbonyl (C=O) groups is 1. The molecule has 1 aromatic carbocycles. The highest BCUT2D eigenvalue weighted by molar-refractivity contribution is 5.95. The van der Waals surface area contributed by atoms with Crippen LogP contribution in [-0.2, 0) is 18.2 Å². The third-order valence-corrected chi connectivity index (χ3v) is 4.22. The first kappa shape index (κ1) is 18.6. The Balaban J connectivity index is 2.00. The molecule has 0 bridgehead atoms. The van der Waals surface area contributed by atoms with Crippen molar-refractivity contribution < 1.29 is 9.53 Å². The minimum Gasteiger partial charge on any atom is -0.462 e. The van der Waals surface area contributed by atoms with Crippen molar-refractivity contribution in [1.29, 1.82) is 0 Å². The van der Waals surface area contributed by atoms with E-state index >= 15 is 0 Å². The Morgan fingerprint density at radius 1 is 1.19 bits per heavy atom. The zero-order valence-corrected chi connectivity index (χ0v) is 16.0. The van der Waals surface area contributed by atoms with Crippen molar-refractivity contribution in [3.05, 3.63) is 64.7 Å². The molecule has 3 aromatic rings. The summed E-state index contributed by atoms with van der Waals surface area (Å²) in [5, 5.41) is 7.46. The highest BCUT2D eigenvalue weighted by Crippen LogP contribution is 2.26.